The van der Waals surface area contributed by atoms with Crippen LogP contribution < -0.4 is 0 Å². The first-order valence-corrected chi connectivity index (χ1v) is 8.11. The van der Waals surface area contributed by atoms with Gasteiger partial charge < -0.3 is 4.42 Å². The van der Waals surface area contributed by atoms with Crippen molar-refractivity contribution in [1.82, 2.24) is 0 Å². The smallest absolute Gasteiger partial charge is 0.199 e. The molecule has 0 fully saturated rings. The minimum atomic E-state index is -3.14. The molecule has 1 aromatic carbocycles. The zero-order chi connectivity index (χ0) is 13.3. The van der Waals surface area contributed by atoms with Gasteiger partial charge in [0.05, 0.1) is 10.2 Å². The molecule has 4 nitrogen and oxygen atoms in total. The van der Waals surface area contributed by atoms with Crippen LogP contribution >= 0.6 is 15.9 Å². The van der Waals surface area contributed by atoms with Crippen molar-refractivity contribution in [2.24, 2.45) is 0 Å². The molecule has 1 heterocycles. The van der Waals surface area contributed by atoms with E-state index in [9.17, 15) is 13.2 Å². The van der Waals surface area contributed by atoms with Crippen molar-refractivity contribution in [3.8, 4) is 0 Å². The molecular formula is C12H11BrO4S. The van der Waals surface area contributed by atoms with Gasteiger partial charge in [0.2, 0.25) is 0 Å². The molecule has 0 bridgehead atoms. The van der Waals surface area contributed by atoms with Crippen LogP contribution in [0.5, 0.6) is 0 Å². The monoisotopic (exact) mass is 330 g/mol. The van der Waals surface area contributed by atoms with Crippen LogP contribution in [0.1, 0.15) is 17.0 Å². The summed E-state index contributed by atoms with van der Waals surface area (Å²) in [6.07, 6.45) is 1.05. The second-order valence-electron chi connectivity index (χ2n) is 4.07. The Bertz CT molecular complexity index is 700. The van der Waals surface area contributed by atoms with Crippen molar-refractivity contribution in [2.75, 3.05) is 12.0 Å². The lowest BCUT2D eigenvalue weighted by molar-refractivity contribution is 0.0964. The zero-order valence-corrected chi connectivity index (χ0v) is 12.0. The fraction of sp³-hybridized carbons (Fsp3) is 0.250. The Kier molecular flexibility index (Phi) is 3.59. The second-order valence-corrected chi connectivity index (χ2v) is 7.19. The molecule has 96 valence electrons. The second kappa shape index (κ2) is 4.85. The van der Waals surface area contributed by atoms with Gasteiger partial charge in [-0.15, -0.1) is 0 Å². The highest BCUT2D eigenvalue weighted by molar-refractivity contribution is 9.10. The molecule has 0 saturated carbocycles. The van der Waals surface area contributed by atoms with Crippen molar-refractivity contribution in [2.45, 2.75) is 6.42 Å². The largest absolute Gasteiger partial charge is 0.452 e. The Morgan fingerprint density at radius 3 is 2.72 bits per heavy atom. The summed E-state index contributed by atoms with van der Waals surface area (Å²) in [4.78, 5) is 11.8. The minimum Gasteiger partial charge on any atom is -0.452 e. The van der Waals surface area contributed by atoms with E-state index >= 15 is 0 Å². The van der Waals surface area contributed by atoms with Gasteiger partial charge in [-0.25, -0.2) is 8.42 Å². The molecule has 0 spiro atoms. The summed E-state index contributed by atoms with van der Waals surface area (Å²) in [5, 5.41) is 0.812. The van der Waals surface area contributed by atoms with Gasteiger partial charge in [0, 0.05) is 18.1 Å². The van der Waals surface area contributed by atoms with Gasteiger partial charge in [-0.1, -0.05) is 12.1 Å². The molecule has 0 radical (unpaired) electrons. The maximum absolute atomic E-state index is 11.8. The van der Waals surface area contributed by atoms with Crippen LogP contribution in [0, 0.1) is 0 Å². The first kappa shape index (κ1) is 13.3. The fourth-order valence-electron chi connectivity index (χ4n) is 1.57. The fourth-order valence-corrected chi connectivity index (χ4v) is 2.58. The SMILES string of the molecule is CS(=O)(=O)CCC(=O)c1cc2cccc(Br)c2o1. The topological polar surface area (TPSA) is 64.3 Å². The summed E-state index contributed by atoms with van der Waals surface area (Å²) in [5.74, 6) is -0.270. The van der Waals surface area contributed by atoms with Crippen LogP contribution in [0.15, 0.2) is 33.2 Å². The predicted octanol–water partition coefficient (Wildman–Crippen LogP) is 2.81. The van der Waals surface area contributed by atoms with Gasteiger partial charge in [-0.3, -0.25) is 4.79 Å². The molecule has 0 amide bonds. The predicted molar refractivity (Wildman–Crippen MR) is 72.6 cm³/mol. The van der Waals surface area contributed by atoms with Gasteiger partial charge >= 0.3 is 0 Å². The molecule has 2 aromatic rings. The van der Waals surface area contributed by atoms with Gasteiger partial charge in [0.25, 0.3) is 0 Å². The molecule has 0 N–H and O–H groups in total. The van der Waals surface area contributed by atoms with E-state index in [2.05, 4.69) is 15.9 Å². The molecule has 0 saturated heterocycles. The van der Waals surface area contributed by atoms with E-state index in [1.54, 1.807) is 6.07 Å². The average Bonchev–Trinajstić information content (AvgIpc) is 2.70. The highest BCUT2D eigenvalue weighted by atomic mass is 79.9. The van der Waals surface area contributed by atoms with Crippen molar-refractivity contribution >= 4 is 42.5 Å². The number of rotatable bonds is 4. The van der Waals surface area contributed by atoms with Gasteiger partial charge in [0.1, 0.15) is 15.4 Å². The highest BCUT2D eigenvalue weighted by Crippen LogP contribution is 2.27. The van der Waals surface area contributed by atoms with E-state index in [1.807, 2.05) is 18.2 Å². The number of para-hydroxylation sites is 1. The third-order valence-corrected chi connectivity index (χ3v) is 4.04. The van der Waals surface area contributed by atoms with Crippen LogP contribution in [0.25, 0.3) is 11.0 Å². The highest BCUT2D eigenvalue weighted by Gasteiger charge is 2.15. The molecule has 0 aliphatic carbocycles. The zero-order valence-electron chi connectivity index (χ0n) is 9.64. The Morgan fingerprint density at radius 1 is 1.39 bits per heavy atom. The molecule has 6 heteroatoms. The maximum Gasteiger partial charge on any atom is 0.199 e. The number of hydrogen-bond acceptors (Lipinski definition) is 4. The van der Waals surface area contributed by atoms with E-state index < -0.39 is 9.84 Å². The average molecular weight is 331 g/mol. The maximum atomic E-state index is 11.8. The van der Waals surface area contributed by atoms with Crippen LogP contribution in [0.3, 0.4) is 0 Å². The first-order chi connectivity index (χ1) is 8.37. The molecular weight excluding hydrogens is 320 g/mol. The first-order valence-electron chi connectivity index (χ1n) is 5.26. The standard InChI is InChI=1S/C12H11BrO4S/c1-18(15,16)6-5-10(14)11-7-8-3-2-4-9(13)12(8)17-11/h2-4,7H,5-6H2,1H3. The minimum absolute atomic E-state index is 0.0593. The van der Waals surface area contributed by atoms with Crippen LogP contribution in [0.2, 0.25) is 0 Å². The number of halogens is 1. The summed E-state index contributed by atoms with van der Waals surface area (Å²) in [6.45, 7) is 0. The quantitative estimate of drug-likeness (QED) is 0.808. The summed E-state index contributed by atoms with van der Waals surface area (Å²) in [5.41, 5.74) is 0.597. The van der Waals surface area contributed by atoms with E-state index in [-0.39, 0.29) is 23.7 Å². The number of furan rings is 1. The molecule has 18 heavy (non-hydrogen) atoms. The number of carbonyl (C=O) groups excluding carboxylic acids is 1. The Hall–Kier alpha value is -1.14. The number of hydrogen-bond donors (Lipinski definition) is 0. The van der Waals surface area contributed by atoms with Gasteiger partial charge in [0.15, 0.2) is 11.5 Å². The normalized spacial score (nSPS) is 11.9. The third kappa shape index (κ3) is 3.00. The van der Waals surface area contributed by atoms with Crippen molar-refractivity contribution < 1.29 is 17.6 Å². The lowest BCUT2D eigenvalue weighted by Gasteiger charge is -1.95. The molecule has 1 aromatic heterocycles. The number of carbonyl (C=O) groups is 1. The number of Topliss-reactive ketones (excluding diaryl/α,β-unsaturated/α-hetero) is 1. The van der Waals surface area contributed by atoms with Gasteiger partial charge in [-0.2, -0.15) is 0 Å². The number of benzene rings is 1. The lowest BCUT2D eigenvalue weighted by atomic mass is 10.2. The molecule has 2 rings (SSSR count). The van der Waals surface area contributed by atoms with E-state index in [4.69, 9.17) is 4.42 Å². The number of sulfone groups is 1. The van der Waals surface area contributed by atoms with E-state index in [0.29, 0.717) is 5.58 Å². The summed E-state index contributed by atoms with van der Waals surface area (Å²) in [7, 11) is -3.14. The van der Waals surface area contributed by atoms with Crippen molar-refractivity contribution in [1.29, 1.82) is 0 Å². The van der Waals surface area contributed by atoms with Crippen LogP contribution in [-0.2, 0) is 9.84 Å². The molecule has 0 aliphatic heterocycles. The van der Waals surface area contributed by atoms with Crippen LogP contribution in [0.4, 0.5) is 0 Å². The Balaban J connectivity index is 2.26. The lowest BCUT2D eigenvalue weighted by Crippen LogP contribution is -2.08. The summed E-state index contributed by atoms with van der Waals surface area (Å²) in [6, 6.07) is 7.12. The summed E-state index contributed by atoms with van der Waals surface area (Å²) >= 11 is 3.33. The van der Waals surface area contributed by atoms with Crippen molar-refractivity contribution in [3.63, 3.8) is 0 Å². The number of ketones is 1. The summed E-state index contributed by atoms with van der Waals surface area (Å²) < 4.78 is 28.2. The molecule has 0 aliphatic rings. The van der Waals surface area contributed by atoms with E-state index in [1.165, 1.54) is 0 Å². The number of fused-ring (bicyclic) bond motifs is 1. The Labute approximate surface area is 113 Å². The van der Waals surface area contributed by atoms with Crippen LogP contribution in [-0.4, -0.2) is 26.2 Å². The van der Waals surface area contributed by atoms with Crippen molar-refractivity contribution in [3.05, 3.63) is 34.5 Å². The van der Waals surface area contributed by atoms with E-state index in [0.717, 1.165) is 16.1 Å². The third-order valence-electron chi connectivity index (χ3n) is 2.47. The van der Waals surface area contributed by atoms with Gasteiger partial charge in [-0.05, 0) is 28.1 Å². The Morgan fingerprint density at radius 2 is 2.11 bits per heavy atom. The molecule has 0 atom stereocenters. The molecule has 0 unspecified atom stereocenters.